The zero-order valence-electron chi connectivity index (χ0n) is 23.2. The number of likely N-dealkylation sites (N-methyl/N-ethyl adjacent to an activating group) is 1. The lowest BCUT2D eigenvalue weighted by atomic mass is 9.87. The van der Waals surface area contributed by atoms with Gasteiger partial charge >= 0.3 is 5.97 Å². The molecule has 8 heteroatoms. The summed E-state index contributed by atoms with van der Waals surface area (Å²) >= 11 is 0. The van der Waals surface area contributed by atoms with Gasteiger partial charge in [0.25, 0.3) is 5.91 Å². The second-order valence-corrected chi connectivity index (χ2v) is 10.7. The van der Waals surface area contributed by atoms with Gasteiger partial charge in [-0.05, 0) is 93.7 Å². The molecule has 1 atom stereocenters. The fourth-order valence-corrected chi connectivity index (χ4v) is 5.54. The molecule has 206 valence electrons. The Balaban J connectivity index is 1.44. The molecule has 2 aromatic rings. The molecule has 2 heterocycles. The van der Waals surface area contributed by atoms with E-state index in [2.05, 4.69) is 39.2 Å². The molecule has 0 aliphatic carbocycles. The maximum atomic E-state index is 13.4. The molecule has 2 saturated heterocycles. The summed E-state index contributed by atoms with van der Waals surface area (Å²) in [5.74, 6) is 0.400. The highest BCUT2D eigenvalue weighted by Crippen LogP contribution is 2.36. The number of carbonyl (C=O) groups is 2. The number of amides is 1. The number of rotatable bonds is 9. The number of piperazine rings is 1. The molecular formula is C30H42N4O4. The summed E-state index contributed by atoms with van der Waals surface area (Å²) in [6, 6.07) is 12.2. The molecular weight excluding hydrogens is 480 g/mol. The van der Waals surface area contributed by atoms with Gasteiger partial charge in [-0.25, -0.2) is 0 Å². The van der Waals surface area contributed by atoms with E-state index in [1.807, 2.05) is 38.1 Å². The number of carbonyl (C=O) groups excluding carboxylic acids is 1. The fraction of sp³-hybridized carbons (Fsp3) is 0.533. The van der Waals surface area contributed by atoms with Crippen LogP contribution in [-0.2, 0) is 4.79 Å². The van der Waals surface area contributed by atoms with Crippen molar-refractivity contribution in [2.45, 2.75) is 45.1 Å². The summed E-state index contributed by atoms with van der Waals surface area (Å²) in [5.41, 5.74) is 5.00. The van der Waals surface area contributed by atoms with E-state index in [1.165, 1.54) is 0 Å². The molecule has 0 bridgehead atoms. The Morgan fingerprint density at radius 1 is 1.05 bits per heavy atom. The molecule has 2 N–H and O–H groups in total. The number of carboxylic acids is 1. The summed E-state index contributed by atoms with van der Waals surface area (Å²) in [5, 5.41) is 12.2. The van der Waals surface area contributed by atoms with E-state index in [0.29, 0.717) is 12.5 Å². The Hall–Kier alpha value is -3.10. The molecule has 0 aromatic heterocycles. The van der Waals surface area contributed by atoms with Crippen molar-refractivity contribution in [3.05, 3.63) is 58.7 Å². The standard InChI is InChI=1S/C30H42N4O4/c1-21-5-7-25(34-17-15-32(3)16-18-34)20-26(21)30(37)31-22(2)24-6-8-28(38-4)27(19-24)23-9-12-33(13-10-23)14-11-29(35)36/h5-8,19-20,22-23H,9-18H2,1-4H3,(H,31,37)(H,35,36). The van der Waals surface area contributed by atoms with Crippen LogP contribution in [0.1, 0.15) is 65.2 Å². The molecule has 2 aromatic carbocycles. The zero-order chi connectivity index (χ0) is 27.2. The van der Waals surface area contributed by atoms with Gasteiger partial charge < -0.3 is 29.9 Å². The number of piperidine rings is 1. The van der Waals surface area contributed by atoms with Gasteiger partial charge in [-0.1, -0.05) is 12.1 Å². The Bertz CT molecular complexity index is 1120. The van der Waals surface area contributed by atoms with Gasteiger partial charge in [0.15, 0.2) is 0 Å². The van der Waals surface area contributed by atoms with Crippen LogP contribution >= 0.6 is 0 Å². The number of aryl methyl sites for hydroxylation is 1. The predicted molar refractivity (Wildman–Crippen MR) is 150 cm³/mol. The minimum absolute atomic E-state index is 0.0601. The Morgan fingerprint density at radius 3 is 2.42 bits per heavy atom. The maximum Gasteiger partial charge on any atom is 0.304 e. The van der Waals surface area contributed by atoms with Gasteiger partial charge in [0.2, 0.25) is 0 Å². The monoisotopic (exact) mass is 522 g/mol. The van der Waals surface area contributed by atoms with Crippen LogP contribution < -0.4 is 15.0 Å². The first-order chi connectivity index (χ1) is 18.2. The molecule has 8 nitrogen and oxygen atoms in total. The third-order valence-corrected chi connectivity index (χ3v) is 8.10. The first kappa shape index (κ1) is 27.9. The van der Waals surface area contributed by atoms with Crippen molar-refractivity contribution in [1.82, 2.24) is 15.1 Å². The Kier molecular flexibility index (Phi) is 9.28. The van der Waals surface area contributed by atoms with E-state index in [9.17, 15) is 9.59 Å². The molecule has 2 fully saturated rings. The van der Waals surface area contributed by atoms with Gasteiger partial charge in [0.05, 0.1) is 19.6 Å². The van der Waals surface area contributed by atoms with Crippen molar-refractivity contribution >= 4 is 17.6 Å². The van der Waals surface area contributed by atoms with Crippen LogP contribution in [-0.4, -0.2) is 86.8 Å². The summed E-state index contributed by atoms with van der Waals surface area (Å²) in [4.78, 5) is 31.2. The molecule has 0 saturated carbocycles. The quantitative estimate of drug-likeness (QED) is 0.517. The predicted octanol–water partition coefficient (Wildman–Crippen LogP) is 3.90. The largest absolute Gasteiger partial charge is 0.496 e. The number of anilines is 1. The van der Waals surface area contributed by atoms with E-state index < -0.39 is 5.97 Å². The zero-order valence-corrected chi connectivity index (χ0v) is 23.2. The molecule has 4 rings (SSSR count). The van der Waals surface area contributed by atoms with E-state index >= 15 is 0 Å². The number of hydrogen-bond donors (Lipinski definition) is 2. The van der Waals surface area contributed by atoms with Gasteiger partial charge in [-0.3, -0.25) is 9.59 Å². The third-order valence-electron chi connectivity index (χ3n) is 8.10. The van der Waals surface area contributed by atoms with Crippen LogP contribution in [0.15, 0.2) is 36.4 Å². The molecule has 1 amide bonds. The van der Waals surface area contributed by atoms with E-state index in [1.54, 1.807) is 7.11 Å². The van der Waals surface area contributed by atoms with Crippen molar-refractivity contribution in [3.63, 3.8) is 0 Å². The van der Waals surface area contributed by atoms with Crippen LogP contribution in [0, 0.1) is 6.92 Å². The molecule has 2 aliphatic rings. The average molecular weight is 523 g/mol. The fourth-order valence-electron chi connectivity index (χ4n) is 5.54. The van der Waals surface area contributed by atoms with Crippen molar-refractivity contribution in [1.29, 1.82) is 0 Å². The highest BCUT2D eigenvalue weighted by atomic mass is 16.5. The molecule has 2 aliphatic heterocycles. The van der Waals surface area contributed by atoms with Gasteiger partial charge in [0, 0.05) is 44.0 Å². The van der Waals surface area contributed by atoms with Crippen LogP contribution in [0.5, 0.6) is 5.75 Å². The van der Waals surface area contributed by atoms with Gasteiger partial charge in [0.1, 0.15) is 5.75 Å². The second kappa shape index (κ2) is 12.6. The average Bonchev–Trinajstić information content (AvgIpc) is 2.92. The Morgan fingerprint density at radius 2 is 1.76 bits per heavy atom. The molecule has 0 radical (unpaired) electrons. The summed E-state index contributed by atoms with van der Waals surface area (Å²) < 4.78 is 5.70. The van der Waals surface area contributed by atoms with Gasteiger partial charge in [-0.2, -0.15) is 0 Å². The molecule has 38 heavy (non-hydrogen) atoms. The number of nitrogens with one attached hydrogen (secondary N) is 1. The normalized spacial score (nSPS) is 18.3. The first-order valence-corrected chi connectivity index (χ1v) is 13.7. The number of benzene rings is 2. The van der Waals surface area contributed by atoms with Crippen LogP contribution in [0.2, 0.25) is 0 Å². The number of ether oxygens (including phenoxy) is 1. The lowest BCUT2D eigenvalue weighted by Gasteiger charge is -2.34. The summed E-state index contributed by atoms with van der Waals surface area (Å²) in [6.45, 7) is 10.3. The maximum absolute atomic E-state index is 13.4. The van der Waals surface area contributed by atoms with Crippen molar-refractivity contribution in [2.75, 3.05) is 64.9 Å². The lowest BCUT2D eigenvalue weighted by molar-refractivity contribution is -0.137. The number of carboxylic acid groups (broad SMARTS) is 1. The van der Waals surface area contributed by atoms with Crippen molar-refractivity contribution < 1.29 is 19.4 Å². The van der Waals surface area contributed by atoms with Crippen molar-refractivity contribution in [2.24, 2.45) is 0 Å². The van der Waals surface area contributed by atoms with E-state index in [0.717, 1.165) is 85.8 Å². The van der Waals surface area contributed by atoms with Crippen molar-refractivity contribution in [3.8, 4) is 5.75 Å². The van der Waals surface area contributed by atoms with E-state index in [-0.39, 0.29) is 18.4 Å². The highest BCUT2D eigenvalue weighted by molar-refractivity contribution is 5.96. The number of aliphatic carboxylic acids is 1. The minimum Gasteiger partial charge on any atom is -0.496 e. The third kappa shape index (κ3) is 6.85. The lowest BCUT2D eigenvalue weighted by Crippen LogP contribution is -2.44. The summed E-state index contributed by atoms with van der Waals surface area (Å²) in [6.07, 6.45) is 2.09. The summed E-state index contributed by atoms with van der Waals surface area (Å²) in [7, 11) is 3.84. The minimum atomic E-state index is -0.751. The number of nitrogens with zero attached hydrogens (tertiary/aromatic N) is 3. The molecule has 0 spiro atoms. The highest BCUT2D eigenvalue weighted by Gasteiger charge is 2.25. The first-order valence-electron chi connectivity index (χ1n) is 13.7. The number of methoxy groups -OCH3 is 1. The van der Waals surface area contributed by atoms with Crippen LogP contribution in [0.3, 0.4) is 0 Å². The Labute approximate surface area is 226 Å². The number of hydrogen-bond acceptors (Lipinski definition) is 6. The SMILES string of the molecule is COc1ccc(C(C)NC(=O)c2cc(N3CCN(C)CC3)ccc2C)cc1C1CCN(CCC(=O)O)CC1. The van der Waals surface area contributed by atoms with Crippen LogP contribution in [0.25, 0.3) is 0 Å². The van der Waals surface area contributed by atoms with E-state index in [4.69, 9.17) is 9.84 Å². The smallest absolute Gasteiger partial charge is 0.304 e. The number of likely N-dealkylation sites (tertiary alicyclic amines) is 1. The van der Waals surface area contributed by atoms with Gasteiger partial charge in [-0.15, -0.1) is 0 Å². The molecule has 1 unspecified atom stereocenters. The second-order valence-electron chi connectivity index (χ2n) is 10.7. The van der Waals surface area contributed by atoms with Crippen LogP contribution in [0.4, 0.5) is 5.69 Å². The topological polar surface area (TPSA) is 85.4 Å².